The summed E-state index contributed by atoms with van der Waals surface area (Å²) < 4.78 is 16.7. The van der Waals surface area contributed by atoms with E-state index in [1.165, 1.54) is 51.4 Å². The van der Waals surface area contributed by atoms with Crippen LogP contribution < -0.4 is 0 Å². The molecule has 0 fully saturated rings. The fourth-order valence-corrected chi connectivity index (χ4v) is 6.81. The Balaban J connectivity index is 4.58. The normalized spacial score (nSPS) is 13.3. The molecule has 0 aromatic heterocycles. The van der Waals surface area contributed by atoms with E-state index in [2.05, 4.69) is 154 Å². The molecule has 0 saturated heterocycles. The highest BCUT2D eigenvalue weighted by atomic mass is 16.6. The molecule has 0 bridgehead atoms. The number of unbranched alkanes of at least 4 members (excludes halogenated alkanes) is 13. The van der Waals surface area contributed by atoms with Crippen LogP contribution in [-0.2, 0) is 28.6 Å². The first-order chi connectivity index (χ1) is 34.0. The number of carbonyl (C=O) groups is 3. The van der Waals surface area contributed by atoms with Crippen LogP contribution >= 0.6 is 0 Å². The Morgan fingerprint density at radius 2 is 0.609 bits per heavy atom. The molecule has 0 saturated carbocycles. The van der Waals surface area contributed by atoms with Crippen LogP contribution in [0.3, 0.4) is 0 Å². The largest absolute Gasteiger partial charge is 0.462 e. The van der Waals surface area contributed by atoms with Crippen molar-refractivity contribution in [3.63, 3.8) is 0 Å². The third kappa shape index (κ3) is 54.1. The molecular formula is C63H98O6. The maximum Gasteiger partial charge on any atom is 0.310 e. The van der Waals surface area contributed by atoms with Crippen molar-refractivity contribution < 1.29 is 28.6 Å². The summed E-state index contributed by atoms with van der Waals surface area (Å²) in [6.07, 6.45) is 80.1. The second-order valence-electron chi connectivity index (χ2n) is 17.4. The lowest BCUT2D eigenvalue weighted by Gasteiger charge is -2.18. The number of allylic oxidation sites excluding steroid dienone is 23. The summed E-state index contributed by atoms with van der Waals surface area (Å²) in [5.74, 6) is -1.14. The molecule has 0 aliphatic rings. The molecule has 0 rings (SSSR count). The third-order valence-electron chi connectivity index (χ3n) is 10.8. The molecular weight excluding hydrogens is 853 g/mol. The van der Waals surface area contributed by atoms with Gasteiger partial charge in [-0.3, -0.25) is 14.4 Å². The standard InChI is InChI=1S/C63H98O6/c1-4-7-10-13-16-19-22-25-28-29-30-31-32-33-36-38-41-44-47-50-53-56-62(65)68-59-60(69-63(66)57-54-51-48-45-42-39-35-27-24-21-18-15-12-9-6-3)58-67-61(64)55-52-49-46-43-40-37-34-26-23-20-17-14-11-8-5-2/h8-9,11-12,17-18,20-22,25-27,29-30,32-35,40,42-43,45,51,54,60H,4-7,10,13-16,19,23-24,28,31,36-39,41,44,46-50,52-53,55-59H2,1-3H3/b11-8-,12-9-,20-17-,21-18-,25-22-,30-29-,33-32-,34-26-,35-27-,43-40-,45-42-,54-51-. The van der Waals surface area contributed by atoms with Crippen molar-refractivity contribution in [3.8, 4) is 0 Å². The van der Waals surface area contributed by atoms with Gasteiger partial charge in [0.05, 0.1) is 6.42 Å². The molecule has 0 aliphatic heterocycles. The van der Waals surface area contributed by atoms with Crippen molar-refractivity contribution in [1.82, 2.24) is 0 Å². The predicted octanol–water partition coefficient (Wildman–Crippen LogP) is 18.4. The van der Waals surface area contributed by atoms with Crippen LogP contribution in [0.15, 0.2) is 146 Å². The molecule has 0 spiro atoms. The number of rotatable bonds is 47. The van der Waals surface area contributed by atoms with E-state index < -0.39 is 12.1 Å². The van der Waals surface area contributed by atoms with Crippen molar-refractivity contribution >= 4 is 17.9 Å². The SMILES string of the molecule is CC/C=C\C/C=C\C/C=C\C/C=C\C/C=C\CC(=O)OC(COC(=O)CCCC/C=C\C/C=C\C/C=C\C/C=C\CC)COC(=O)CCCCCCCC/C=C\C/C=C\C/C=C\CCCCCCC. The fourth-order valence-electron chi connectivity index (χ4n) is 6.81. The summed E-state index contributed by atoms with van der Waals surface area (Å²) in [6.45, 7) is 6.25. The Hall–Kier alpha value is -4.71. The van der Waals surface area contributed by atoms with E-state index in [0.29, 0.717) is 19.3 Å². The average molecular weight is 951 g/mol. The zero-order valence-electron chi connectivity index (χ0n) is 44.0. The van der Waals surface area contributed by atoms with Crippen LogP contribution in [0.2, 0.25) is 0 Å². The molecule has 0 heterocycles. The van der Waals surface area contributed by atoms with E-state index in [4.69, 9.17) is 14.2 Å². The lowest BCUT2D eigenvalue weighted by Crippen LogP contribution is -2.30. The molecule has 386 valence electrons. The second kappa shape index (κ2) is 55.9. The molecule has 0 radical (unpaired) electrons. The minimum Gasteiger partial charge on any atom is -0.462 e. The fraction of sp³-hybridized carbons (Fsp3) is 0.571. The van der Waals surface area contributed by atoms with Crippen molar-refractivity contribution in [2.45, 2.75) is 219 Å². The highest BCUT2D eigenvalue weighted by Crippen LogP contribution is 2.12. The van der Waals surface area contributed by atoms with Crippen molar-refractivity contribution in [2.75, 3.05) is 13.2 Å². The molecule has 0 N–H and O–H groups in total. The monoisotopic (exact) mass is 951 g/mol. The first-order valence-corrected chi connectivity index (χ1v) is 27.3. The van der Waals surface area contributed by atoms with Gasteiger partial charge >= 0.3 is 17.9 Å². The minimum atomic E-state index is -0.862. The molecule has 0 aromatic carbocycles. The van der Waals surface area contributed by atoms with Gasteiger partial charge in [-0.05, 0) is 122 Å². The number of ether oxygens (including phenoxy) is 3. The van der Waals surface area contributed by atoms with E-state index >= 15 is 0 Å². The van der Waals surface area contributed by atoms with Crippen molar-refractivity contribution in [1.29, 1.82) is 0 Å². The second-order valence-corrected chi connectivity index (χ2v) is 17.4. The van der Waals surface area contributed by atoms with Gasteiger partial charge in [-0.15, -0.1) is 0 Å². The topological polar surface area (TPSA) is 78.9 Å². The predicted molar refractivity (Wildman–Crippen MR) is 297 cm³/mol. The number of hydrogen-bond acceptors (Lipinski definition) is 6. The quantitative estimate of drug-likeness (QED) is 0.0262. The Bertz CT molecular complexity index is 1560. The first kappa shape index (κ1) is 64.3. The van der Waals surface area contributed by atoms with E-state index in [1.807, 2.05) is 6.08 Å². The smallest absolute Gasteiger partial charge is 0.310 e. The zero-order chi connectivity index (χ0) is 50.0. The molecule has 1 atom stereocenters. The van der Waals surface area contributed by atoms with Crippen molar-refractivity contribution in [2.24, 2.45) is 0 Å². The van der Waals surface area contributed by atoms with E-state index in [1.54, 1.807) is 6.08 Å². The van der Waals surface area contributed by atoms with Gasteiger partial charge in [-0.1, -0.05) is 218 Å². The van der Waals surface area contributed by atoms with Crippen LogP contribution in [0.5, 0.6) is 0 Å². The minimum absolute atomic E-state index is 0.0777. The third-order valence-corrected chi connectivity index (χ3v) is 10.8. The molecule has 69 heavy (non-hydrogen) atoms. The Morgan fingerprint density at radius 1 is 0.319 bits per heavy atom. The van der Waals surface area contributed by atoms with E-state index in [0.717, 1.165) is 109 Å². The number of carbonyl (C=O) groups excluding carboxylic acids is 3. The highest BCUT2D eigenvalue weighted by Gasteiger charge is 2.19. The van der Waals surface area contributed by atoms with Crippen LogP contribution in [0.25, 0.3) is 0 Å². The molecule has 0 aromatic rings. The summed E-state index contributed by atoms with van der Waals surface area (Å²) >= 11 is 0. The first-order valence-electron chi connectivity index (χ1n) is 27.3. The van der Waals surface area contributed by atoms with Gasteiger partial charge < -0.3 is 14.2 Å². The van der Waals surface area contributed by atoms with Crippen LogP contribution in [0.1, 0.15) is 213 Å². The van der Waals surface area contributed by atoms with Crippen LogP contribution in [-0.4, -0.2) is 37.2 Å². The van der Waals surface area contributed by atoms with Gasteiger partial charge in [0.25, 0.3) is 0 Å². The van der Waals surface area contributed by atoms with Crippen LogP contribution in [0, 0.1) is 0 Å². The number of esters is 3. The average Bonchev–Trinajstić information content (AvgIpc) is 3.35. The van der Waals surface area contributed by atoms with Gasteiger partial charge in [-0.25, -0.2) is 0 Å². The van der Waals surface area contributed by atoms with E-state index in [9.17, 15) is 14.4 Å². The maximum absolute atomic E-state index is 12.8. The molecule has 0 aliphatic carbocycles. The van der Waals surface area contributed by atoms with E-state index in [-0.39, 0.29) is 38.0 Å². The Morgan fingerprint density at radius 3 is 0.986 bits per heavy atom. The Labute approximate surface area is 423 Å². The lowest BCUT2D eigenvalue weighted by molar-refractivity contribution is -0.166. The molecule has 0 amide bonds. The summed E-state index contributed by atoms with van der Waals surface area (Å²) in [6, 6.07) is 0. The highest BCUT2D eigenvalue weighted by molar-refractivity contribution is 5.72. The Kier molecular flexibility index (Phi) is 52.1. The van der Waals surface area contributed by atoms with Crippen molar-refractivity contribution in [3.05, 3.63) is 146 Å². The van der Waals surface area contributed by atoms with Gasteiger partial charge in [-0.2, -0.15) is 0 Å². The summed E-state index contributed by atoms with van der Waals surface area (Å²) in [5.41, 5.74) is 0. The zero-order valence-corrected chi connectivity index (χ0v) is 44.0. The molecule has 6 heteroatoms. The van der Waals surface area contributed by atoms with Gasteiger partial charge in [0.1, 0.15) is 13.2 Å². The molecule has 6 nitrogen and oxygen atoms in total. The van der Waals surface area contributed by atoms with Crippen LogP contribution in [0.4, 0.5) is 0 Å². The number of hydrogen-bond donors (Lipinski definition) is 0. The summed E-state index contributed by atoms with van der Waals surface area (Å²) in [7, 11) is 0. The van der Waals surface area contributed by atoms with Gasteiger partial charge in [0, 0.05) is 12.8 Å². The summed E-state index contributed by atoms with van der Waals surface area (Å²) in [5, 5.41) is 0. The maximum atomic E-state index is 12.8. The van der Waals surface area contributed by atoms with Gasteiger partial charge in [0.2, 0.25) is 0 Å². The van der Waals surface area contributed by atoms with Gasteiger partial charge in [0.15, 0.2) is 6.10 Å². The molecule has 1 unspecified atom stereocenters. The lowest BCUT2D eigenvalue weighted by atomic mass is 10.1. The summed E-state index contributed by atoms with van der Waals surface area (Å²) in [4.78, 5) is 38.0.